The van der Waals surface area contributed by atoms with Crippen molar-refractivity contribution in [1.29, 1.82) is 0 Å². The Bertz CT molecular complexity index is 667. The van der Waals surface area contributed by atoms with Gasteiger partial charge >= 0.3 is 12.1 Å². The zero-order valence-corrected chi connectivity index (χ0v) is 15.1. The van der Waals surface area contributed by atoms with E-state index in [0.29, 0.717) is 13.1 Å². The number of anilines is 1. The highest BCUT2D eigenvalue weighted by molar-refractivity contribution is 5.92. The van der Waals surface area contributed by atoms with Crippen LogP contribution in [0.5, 0.6) is 0 Å². The number of likely N-dealkylation sites (tertiary alicyclic amines) is 1. The van der Waals surface area contributed by atoms with Crippen LogP contribution in [0.3, 0.4) is 0 Å². The van der Waals surface area contributed by atoms with Crippen LogP contribution in [0.25, 0.3) is 0 Å². The second kappa shape index (κ2) is 9.18. The zero-order chi connectivity index (χ0) is 20.0. The SMILES string of the molecule is CN(CC(=O)O)C1CCCN(CC(=O)Nc2cccc(C(F)(F)F)c2)CC1. The first-order chi connectivity index (χ1) is 12.6. The fourth-order valence-corrected chi connectivity index (χ4v) is 3.26. The van der Waals surface area contributed by atoms with Crippen molar-refractivity contribution in [2.75, 3.05) is 38.5 Å². The van der Waals surface area contributed by atoms with E-state index in [4.69, 9.17) is 5.11 Å². The minimum Gasteiger partial charge on any atom is -0.480 e. The van der Waals surface area contributed by atoms with Gasteiger partial charge in [-0.2, -0.15) is 13.2 Å². The number of hydrogen-bond acceptors (Lipinski definition) is 4. The quantitative estimate of drug-likeness (QED) is 0.785. The first-order valence-corrected chi connectivity index (χ1v) is 8.76. The number of alkyl halides is 3. The number of amides is 1. The minimum atomic E-state index is -4.46. The summed E-state index contributed by atoms with van der Waals surface area (Å²) in [5.41, 5.74) is -0.692. The van der Waals surface area contributed by atoms with Crippen molar-refractivity contribution in [2.24, 2.45) is 0 Å². The maximum Gasteiger partial charge on any atom is 0.416 e. The lowest BCUT2D eigenvalue weighted by Gasteiger charge is -2.25. The summed E-state index contributed by atoms with van der Waals surface area (Å²) in [6, 6.07) is 4.69. The molecule has 1 fully saturated rings. The molecule has 1 aromatic rings. The summed E-state index contributed by atoms with van der Waals surface area (Å²) < 4.78 is 38.2. The average molecular weight is 387 g/mol. The molecule has 1 heterocycles. The number of rotatable bonds is 6. The molecular weight excluding hydrogens is 363 g/mol. The number of carboxylic acids is 1. The molecule has 0 radical (unpaired) electrons. The third-order valence-corrected chi connectivity index (χ3v) is 4.64. The van der Waals surface area contributed by atoms with Crippen molar-refractivity contribution >= 4 is 17.6 Å². The monoisotopic (exact) mass is 387 g/mol. The van der Waals surface area contributed by atoms with Crippen molar-refractivity contribution in [3.05, 3.63) is 29.8 Å². The smallest absolute Gasteiger partial charge is 0.416 e. The average Bonchev–Trinajstić information content (AvgIpc) is 2.79. The van der Waals surface area contributed by atoms with Crippen LogP contribution in [0.1, 0.15) is 24.8 Å². The summed E-state index contributed by atoms with van der Waals surface area (Å²) in [7, 11) is 1.77. The molecule has 0 spiro atoms. The van der Waals surface area contributed by atoms with Crippen molar-refractivity contribution in [3.63, 3.8) is 0 Å². The fourth-order valence-electron chi connectivity index (χ4n) is 3.26. The van der Waals surface area contributed by atoms with Gasteiger partial charge in [0, 0.05) is 18.3 Å². The molecule has 27 heavy (non-hydrogen) atoms. The molecule has 0 aromatic heterocycles. The van der Waals surface area contributed by atoms with Gasteiger partial charge in [-0.25, -0.2) is 0 Å². The van der Waals surface area contributed by atoms with Crippen LogP contribution in [-0.2, 0) is 15.8 Å². The number of nitrogens with zero attached hydrogens (tertiary/aromatic N) is 2. The third kappa shape index (κ3) is 6.84. The van der Waals surface area contributed by atoms with Crippen LogP contribution < -0.4 is 5.32 Å². The van der Waals surface area contributed by atoms with E-state index in [1.807, 2.05) is 4.90 Å². The van der Waals surface area contributed by atoms with E-state index in [-0.39, 0.29) is 30.7 Å². The van der Waals surface area contributed by atoms with Gasteiger partial charge in [-0.05, 0) is 51.1 Å². The minimum absolute atomic E-state index is 0.0271. The maximum atomic E-state index is 12.7. The molecule has 1 unspecified atom stereocenters. The van der Waals surface area contributed by atoms with Gasteiger partial charge < -0.3 is 10.4 Å². The summed E-state index contributed by atoms with van der Waals surface area (Å²) in [6.07, 6.45) is -2.05. The highest BCUT2D eigenvalue weighted by atomic mass is 19.4. The number of carboxylic acid groups (broad SMARTS) is 1. The number of benzene rings is 1. The molecule has 0 saturated carbocycles. The predicted molar refractivity (Wildman–Crippen MR) is 94.4 cm³/mol. The van der Waals surface area contributed by atoms with Gasteiger partial charge in [0.2, 0.25) is 5.91 Å². The van der Waals surface area contributed by atoms with Crippen molar-refractivity contribution in [1.82, 2.24) is 9.80 Å². The molecule has 1 aliphatic rings. The summed E-state index contributed by atoms with van der Waals surface area (Å²) in [5, 5.41) is 11.4. The van der Waals surface area contributed by atoms with Gasteiger partial charge in [0.1, 0.15) is 0 Å². The van der Waals surface area contributed by atoms with E-state index in [9.17, 15) is 22.8 Å². The van der Waals surface area contributed by atoms with E-state index in [2.05, 4.69) is 5.32 Å². The van der Waals surface area contributed by atoms with Crippen molar-refractivity contribution < 1.29 is 27.9 Å². The molecule has 1 aromatic carbocycles. The number of hydrogen-bond donors (Lipinski definition) is 2. The maximum absolute atomic E-state index is 12.7. The number of carbonyl (C=O) groups is 2. The molecule has 0 bridgehead atoms. The Hall–Kier alpha value is -2.13. The summed E-state index contributed by atoms with van der Waals surface area (Å²) in [5.74, 6) is -1.24. The summed E-state index contributed by atoms with van der Waals surface area (Å²) >= 11 is 0. The van der Waals surface area contributed by atoms with Crippen LogP contribution in [0, 0.1) is 0 Å². The lowest BCUT2D eigenvalue weighted by Crippen LogP contribution is -2.37. The van der Waals surface area contributed by atoms with E-state index in [1.54, 1.807) is 11.9 Å². The molecule has 9 heteroatoms. The van der Waals surface area contributed by atoms with Gasteiger partial charge in [0.05, 0.1) is 18.7 Å². The number of aliphatic carboxylic acids is 1. The number of nitrogens with one attached hydrogen (secondary N) is 1. The number of carbonyl (C=O) groups excluding carboxylic acids is 1. The van der Waals surface area contributed by atoms with Crippen LogP contribution in [0.15, 0.2) is 24.3 Å². The Morgan fingerprint density at radius 2 is 2.04 bits per heavy atom. The van der Waals surface area contributed by atoms with Gasteiger partial charge in [-0.15, -0.1) is 0 Å². The molecule has 150 valence electrons. The first kappa shape index (κ1) is 21.2. The van der Waals surface area contributed by atoms with E-state index in [1.165, 1.54) is 12.1 Å². The lowest BCUT2D eigenvalue weighted by atomic mass is 10.1. The second-order valence-electron chi connectivity index (χ2n) is 6.80. The fraction of sp³-hybridized carbons (Fsp3) is 0.556. The van der Waals surface area contributed by atoms with Crippen LogP contribution in [0.4, 0.5) is 18.9 Å². The Morgan fingerprint density at radius 1 is 1.30 bits per heavy atom. The van der Waals surface area contributed by atoms with Crippen LogP contribution >= 0.6 is 0 Å². The molecular formula is C18H24F3N3O3. The lowest BCUT2D eigenvalue weighted by molar-refractivity contribution is -0.139. The number of halogens is 3. The van der Waals surface area contributed by atoms with Gasteiger partial charge in [-0.3, -0.25) is 19.4 Å². The highest BCUT2D eigenvalue weighted by Crippen LogP contribution is 2.30. The molecule has 0 aliphatic carbocycles. The third-order valence-electron chi connectivity index (χ3n) is 4.64. The van der Waals surface area contributed by atoms with E-state index >= 15 is 0 Å². The van der Waals surface area contributed by atoms with Gasteiger partial charge in [0.25, 0.3) is 0 Å². The molecule has 1 saturated heterocycles. The van der Waals surface area contributed by atoms with Crippen LogP contribution in [0.2, 0.25) is 0 Å². The predicted octanol–water partition coefficient (Wildman–Crippen LogP) is 2.51. The van der Waals surface area contributed by atoms with Gasteiger partial charge in [-0.1, -0.05) is 6.07 Å². The molecule has 6 nitrogen and oxygen atoms in total. The van der Waals surface area contributed by atoms with Gasteiger partial charge in [0.15, 0.2) is 0 Å². The highest BCUT2D eigenvalue weighted by Gasteiger charge is 2.30. The second-order valence-corrected chi connectivity index (χ2v) is 6.80. The van der Waals surface area contributed by atoms with Crippen molar-refractivity contribution in [2.45, 2.75) is 31.5 Å². The Morgan fingerprint density at radius 3 is 2.70 bits per heavy atom. The van der Waals surface area contributed by atoms with Crippen molar-refractivity contribution in [3.8, 4) is 0 Å². The Balaban J connectivity index is 1.87. The summed E-state index contributed by atoms with van der Waals surface area (Å²) in [4.78, 5) is 26.8. The Kier molecular flexibility index (Phi) is 7.20. The Labute approximate surface area is 155 Å². The first-order valence-electron chi connectivity index (χ1n) is 8.76. The largest absolute Gasteiger partial charge is 0.480 e. The molecule has 1 amide bonds. The number of likely N-dealkylation sites (N-methyl/N-ethyl adjacent to an activating group) is 1. The van der Waals surface area contributed by atoms with E-state index in [0.717, 1.165) is 31.4 Å². The standard InChI is InChI=1S/C18H24F3N3O3/c1-23(12-17(26)27)15-6-3-8-24(9-7-15)11-16(25)22-14-5-2-4-13(10-14)18(19,20)21/h2,4-5,10,15H,3,6-9,11-12H2,1H3,(H,22,25)(H,26,27). The molecule has 2 rings (SSSR count). The normalized spacial score (nSPS) is 18.9. The van der Waals surface area contributed by atoms with Crippen LogP contribution in [-0.4, -0.2) is 66.1 Å². The molecule has 1 aliphatic heterocycles. The summed E-state index contributed by atoms with van der Waals surface area (Å²) in [6.45, 7) is 1.38. The topological polar surface area (TPSA) is 72.9 Å². The zero-order valence-electron chi connectivity index (χ0n) is 15.1. The van der Waals surface area contributed by atoms with E-state index < -0.39 is 17.7 Å². The molecule has 2 N–H and O–H groups in total. The molecule has 1 atom stereocenters.